The summed E-state index contributed by atoms with van der Waals surface area (Å²) in [6.07, 6.45) is 1.82. The number of rotatable bonds is 4. The zero-order valence-corrected chi connectivity index (χ0v) is 12.3. The highest BCUT2D eigenvalue weighted by atomic mass is 16.3. The van der Waals surface area contributed by atoms with Crippen molar-refractivity contribution in [2.45, 2.75) is 32.7 Å². The Morgan fingerprint density at radius 1 is 1.15 bits per heavy atom. The number of carbonyl (C=O) groups is 1. The maximum absolute atomic E-state index is 12.5. The van der Waals surface area contributed by atoms with Crippen LogP contribution in [0.1, 0.15) is 37.0 Å². The Morgan fingerprint density at radius 3 is 2.25 bits per heavy atom. The van der Waals surface area contributed by atoms with E-state index in [1.807, 2.05) is 24.3 Å². The van der Waals surface area contributed by atoms with E-state index >= 15 is 0 Å². The topological polar surface area (TPSA) is 40.5 Å². The number of benzene rings is 2. The molecule has 1 N–H and O–H groups in total. The van der Waals surface area contributed by atoms with Crippen LogP contribution in [0, 0.1) is 0 Å². The lowest BCUT2D eigenvalue weighted by Crippen LogP contribution is -2.36. The third-order valence-electron chi connectivity index (χ3n) is 3.90. The van der Waals surface area contributed by atoms with Gasteiger partial charge >= 0.3 is 0 Å². The molecule has 0 saturated carbocycles. The van der Waals surface area contributed by atoms with Crippen LogP contribution in [-0.4, -0.2) is 29.0 Å². The fourth-order valence-corrected chi connectivity index (χ4v) is 2.59. The van der Waals surface area contributed by atoms with Crippen molar-refractivity contribution in [1.82, 2.24) is 4.90 Å². The van der Waals surface area contributed by atoms with Crippen LogP contribution in [0.3, 0.4) is 0 Å². The molecule has 2 rings (SSSR count). The predicted octanol–water partition coefficient (Wildman–Crippen LogP) is 3.81. The number of nitrogens with zero attached hydrogens (tertiary/aromatic N) is 1. The van der Waals surface area contributed by atoms with Gasteiger partial charge in [-0.2, -0.15) is 0 Å². The van der Waals surface area contributed by atoms with Crippen molar-refractivity contribution in [3.05, 3.63) is 42.0 Å². The third-order valence-corrected chi connectivity index (χ3v) is 3.90. The van der Waals surface area contributed by atoms with Gasteiger partial charge in [0.05, 0.1) is 5.56 Å². The lowest BCUT2D eigenvalue weighted by atomic mass is 10.0. The zero-order chi connectivity index (χ0) is 14.7. The smallest absolute Gasteiger partial charge is 0.257 e. The fourth-order valence-electron chi connectivity index (χ4n) is 2.59. The molecule has 0 radical (unpaired) electrons. The molecule has 0 atom stereocenters. The monoisotopic (exact) mass is 271 g/mol. The van der Waals surface area contributed by atoms with E-state index in [-0.39, 0.29) is 17.7 Å². The molecule has 1 amide bonds. The van der Waals surface area contributed by atoms with E-state index in [2.05, 4.69) is 13.8 Å². The molecule has 106 valence electrons. The Labute approximate surface area is 119 Å². The Morgan fingerprint density at radius 2 is 1.70 bits per heavy atom. The van der Waals surface area contributed by atoms with Crippen molar-refractivity contribution in [2.75, 3.05) is 7.05 Å². The second kappa shape index (κ2) is 5.95. The molecular formula is C17H21NO2. The van der Waals surface area contributed by atoms with Crippen LogP contribution in [-0.2, 0) is 0 Å². The summed E-state index contributed by atoms with van der Waals surface area (Å²) in [6, 6.07) is 11.3. The number of carbonyl (C=O) groups excluding carboxylic acids is 1. The summed E-state index contributed by atoms with van der Waals surface area (Å²) in [5, 5.41) is 12.0. The van der Waals surface area contributed by atoms with E-state index < -0.39 is 0 Å². The largest absolute Gasteiger partial charge is 0.507 e. The molecule has 0 bridgehead atoms. The highest BCUT2D eigenvalue weighted by molar-refractivity contribution is 6.01. The van der Waals surface area contributed by atoms with Gasteiger partial charge in [-0.25, -0.2) is 0 Å². The molecule has 0 aliphatic carbocycles. The maximum Gasteiger partial charge on any atom is 0.257 e. The molecule has 0 aliphatic heterocycles. The highest BCUT2D eigenvalue weighted by Crippen LogP contribution is 2.26. The quantitative estimate of drug-likeness (QED) is 0.918. The van der Waals surface area contributed by atoms with E-state index in [1.54, 1.807) is 24.1 Å². The molecule has 0 unspecified atom stereocenters. The van der Waals surface area contributed by atoms with Gasteiger partial charge < -0.3 is 10.0 Å². The van der Waals surface area contributed by atoms with Crippen molar-refractivity contribution in [3.8, 4) is 5.75 Å². The summed E-state index contributed by atoms with van der Waals surface area (Å²) in [7, 11) is 1.80. The number of fused-ring (bicyclic) bond motifs is 1. The van der Waals surface area contributed by atoms with E-state index in [9.17, 15) is 9.90 Å². The number of amides is 1. The minimum absolute atomic E-state index is 0.0477. The van der Waals surface area contributed by atoms with Crippen LogP contribution >= 0.6 is 0 Å². The van der Waals surface area contributed by atoms with E-state index in [1.165, 1.54) is 0 Å². The first-order valence-corrected chi connectivity index (χ1v) is 7.07. The normalized spacial score (nSPS) is 11.0. The van der Waals surface area contributed by atoms with Gasteiger partial charge in [0.15, 0.2) is 0 Å². The SMILES string of the molecule is CCC(CC)N(C)C(=O)c1cc2ccccc2cc1O. The first kappa shape index (κ1) is 14.4. The molecule has 0 spiro atoms. The molecule has 20 heavy (non-hydrogen) atoms. The van der Waals surface area contributed by atoms with Crippen LogP contribution < -0.4 is 0 Å². The molecule has 0 aromatic heterocycles. The fraction of sp³-hybridized carbons (Fsp3) is 0.353. The molecule has 0 saturated heterocycles. The van der Waals surface area contributed by atoms with Crippen LogP contribution in [0.15, 0.2) is 36.4 Å². The third kappa shape index (κ3) is 2.62. The molecule has 0 aliphatic rings. The molecule has 2 aromatic rings. The number of phenolic OH excluding ortho intramolecular Hbond substituents is 1. The first-order chi connectivity index (χ1) is 9.58. The van der Waals surface area contributed by atoms with Crippen molar-refractivity contribution in [2.24, 2.45) is 0 Å². The summed E-state index contributed by atoms with van der Waals surface area (Å²) in [5.41, 5.74) is 0.373. The van der Waals surface area contributed by atoms with Gasteiger partial charge in [0.25, 0.3) is 5.91 Å². The molecule has 0 heterocycles. The summed E-state index contributed by atoms with van der Waals surface area (Å²) >= 11 is 0. The lowest BCUT2D eigenvalue weighted by molar-refractivity contribution is 0.0721. The molecule has 3 nitrogen and oxygen atoms in total. The van der Waals surface area contributed by atoms with Gasteiger partial charge in [-0.3, -0.25) is 4.79 Å². The van der Waals surface area contributed by atoms with Gasteiger partial charge in [0, 0.05) is 13.1 Å². The van der Waals surface area contributed by atoms with Crippen molar-refractivity contribution in [3.63, 3.8) is 0 Å². The first-order valence-electron chi connectivity index (χ1n) is 7.07. The minimum Gasteiger partial charge on any atom is -0.507 e. The summed E-state index contributed by atoms with van der Waals surface area (Å²) in [6.45, 7) is 4.14. The molecule has 0 fully saturated rings. The van der Waals surface area contributed by atoms with Gasteiger partial charge in [0.1, 0.15) is 5.75 Å². The second-order valence-electron chi connectivity index (χ2n) is 5.10. The number of hydrogen-bond acceptors (Lipinski definition) is 2. The average molecular weight is 271 g/mol. The average Bonchev–Trinajstić information content (AvgIpc) is 2.47. The van der Waals surface area contributed by atoms with Gasteiger partial charge in [0.2, 0.25) is 0 Å². The van der Waals surface area contributed by atoms with Gasteiger partial charge in [-0.15, -0.1) is 0 Å². The van der Waals surface area contributed by atoms with Crippen molar-refractivity contribution >= 4 is 16.7 Å². The number of aromatic hydroxyl groups is 1. The van der Waals surface area contributed by atoms with Gasteiger partial charge in [-0.05, 0) is 35.7 Å². The lowest BCUT2D eigenvalue weighted by Gasteiger charge is -2.26. The van der Waals surface area contributed by atoms with Crippen LogP contribution in [0.5, 0.6) is 5.75 Å². The predicted molar refractivity (Wildman–Crippen MR) is 82.1 cm³/mol. The number of phenols is 1. The van der Waals surface area contributed by atoms with Gasteiger partial charge in [-0.1, -0.05) is 38.1 Å². The van der Waals surface area contributed by atoms with E-state index in [0.29, 0.717) is 5.56 Å². The zero-order valence-electron chi connectivity index (χ0n) is 12.3. The Balaban J connectivity index is 2.41. The second-order valence-corrected chi connectivity index (χ2v) is 5.10. The summed E-state index contributed by atoms with van der Waals surface area (Å²) < 4.78 is 0. The van der Waals surface area contributed by atoms with Crippen LogP contribution in [0.25, 0.3) is 10.8 Å². The molecular weight excluding hydrogens is 250 g/mol. The van der Waals surface area contributed by atoms with Crippen molar-refractivity contribution < 1.29 is 9.90 Å². The Hall–Kier alpha value is -2.03. The Bertz CT molecular complexity index is 617. The molecule has 3 heteroatoms. The molecule has 2 aromatic carbocycles. The standard InChI is InChI=1S/C17H21NO2/c1-4-14(5-2)18(3)17(20)15-10-12-8-6-7-9-13(12)11-16(15)19/h6-11,14,19H,4-5H2,1-3H3. The summed E-state index contributed by atoms with van der Waals surface area (Å²) in [4.78, 5) is 14.3. The highest BCUT2D eigenvalue weighted by Gasteiger charge is 2.21. The van der Waals surface area contributed by atoms with Crippen LogP contribution in [0.2, 0.25) is 0 Å². The van der Waals surface area contributed by atoms with E-state index in [0.717, 1.165) is 23.6 Å². The maximum atomic E-state index is 12.5. The Kier molecular flexibility index (Phi) is 4.28. The van der Waals surface area contributed by atoms with Crippen LogP contribution in [0.4, 0.5) is 0 Å². The number of hydrogen-bond donors (Lipinski definition) is 1. The minimum atomic E-state index is -0.123. The summed E-state index contributed by atoms with van der Waals surface area (Å²) in [5.74, 6) is -0.0755. The van der Waals surface area contributed by atoms with E-state index in [4.69, 9.17) is 0 Å². The van der Waals surface area contributed by atoms with Crippen molar-refractivity contribution in [1.29, 1.82) is 0 Å².